The summed E-state index contributed by atoms with van der Waals surface area (Å²) in [5.41, 5.74) is 0. The van der Waals surface area contributed by atoms with Crippen LogP contribution in [0.3, 0.4) is 0 Å². The Balaban J connectivity index is 0.963. The molecule has 10 heterocycles. The van der Waals surface area contributed by atoms with Crippen LogP contribution < -0.4 is 10.6 Å². The standard InChI is InChI=1S/C64H108N2O45/c1-13-27(73)35(81)41(87)57(93-13)110-53-39(85)29(75)14(2)94-62(53)107-51-45(91)61(98-18(6)47(51)104-59-43(89)37(83)32(78)22(10-68)102-59)106-49-26(66-20(8)72)56(100-24(12-70)34(49)80)109-52-38(84)28(74)16(4)96-64(52)111-54-40(86)30(76)15(3)95-63(54)108-50-44(90)60(105-48-25(65-19(7)71)55(92)99-23(11-69)33(48)79)97-17(5)46(50)103-58-42(88)36(82)31(77)21(9-67)101-58/h13-18,21-64,67-70,73-92H,9-12H2,1-8H3,(H,65,71)(H,66,72)/t13-,14-,15-,16-,17-,18-,21+,22+,23+,24+,25+,26+,27-,28-,29-,30-,31+,32+,33+,34+,35+,36-,37-,38+,39+,40+,41+,42+,43+,44+,45+,46-,47-,48+,49+,50-,51-,52+,53+,54+,55+,56-,57-,58+,59+,60-,61-,62-,63-,64-/m0/s1. The number of ether oxygens (including phenoxy) is 19. The fraction of sp³-hybridized carbons (Fsp3) is 0.969. The lowest BCUT2D eigenvalue weighted by Crippen LogP contribution is -2.70. The molecule has 0 saturated carbocycles. The Labute approximate surface area is 631 Å². The number of hydrogen-bond donors (Lipinski definition) is 26. The quantitative estimate of drug-likeness (QED) is 0.0427. The number of carbonyl (C=O) groups is 2. The van der Waals surface area contributed by atoms with Gasteiger partial charge in [0, 0.05) is 13.8 Å². The smallest absolute Gasteiger partial charge is 0.217 e. The molecule has 10 rings (SSSR count). The summed E-state index contributed by atoms with van der Waals surface area (Å²) in [6.45, 7) is 5.57. The number of amides is 2. The van der Waals surface area contributed by atoms with E-state index in [-0.39, 0.29) is 0 Å². The van der Waals surface area contributed by atoms with Crippen LogP contribution >= 0.6 is 0 Å². The molecule has 0 aromatic heterocycles. The molecule has 0 spiro atoms. The molecular weight excluding hydrogens is 1520 g/mol. The molecule has 2 amide bonds. The number of aliphatic hydroxyl groups is 24. The van der Waals surface area contributed by atoms with Crippen LogP contribution in [0.1, 0.15) is 55.4 Å². The lowest BCUT2D eigenvalue weighted by Gasteiger charge is -2.52. The fourth-order valence-corrected chi connectivity index (χ4v) is 14.9. The SMILES string of the molecule is CC(=O)N[C@@H]1[C@@H](O[C@@H]2O[C@@H](C)[C@H](O[C@H]3O[C@H](CO)[C@@H](O)[C@H](O)[C@H]3O)[C@@H](O[C@@H]3O[C@@H](C)[C@H](O)[C@@H](O)[C@H]3O[C@@H]3O[C@@H](C)[C@H](O)[C@@H](O)[C@H]3O[C@@H]3O[C@H](CO)[C@@H](O)[C@H](O[C@@H]4O[C@@H](C)[C@H](O[C@H]5O[C@H](CO)[C@@H](O)[C@H](O)[C@H]5O)[C@@H](O[C@@H]5O[C@@H](C)[C@H](O)[C@@H](O)[C@H]5O[C@@H]5O[C@@H](C)[C@H](O)[C@@H](O)[C@H]5O)[C@H]4O)[C@H]3NC(C)=O)[C@H]2O)[C@H](O)[C@@H](CO)O[C@H]1O. The first-order valence-electron chi connectivity index (χ1n) is 36.3. The van der Waals surface area contributed by atoms with E-state index in [9.17, 15) is 132 Å². The molecule has 47 nitrogen and oxygen atoms in total. The maximum atomic E-state index is 13.5. The summed E-state index contributed by atoms with van der Waals surface area (Å²) in [4.78, 5) is 25.9. The maximum Gasteiger partial charge on any atom is 0.217 e. The summed E-state index contributed by atoms with van der Waals surface area (Å²) in [6.07, 6.45) is -93.1. The highest BCUT2D eigenvalue weighted by Crippen LogP contribution is 2.42. The predicted octanol–water partition coefficient (Wildman–Crippen LogP) is -16.4. The monoisotopic (exact) mass is 1620 g/mol. The zero-order valence-electron chi connectivity index (χ0n) is 61.0. The van der Waals surface area contributed by atoms with Crippen LogP contribution in [0.4, 0.5) is 0 Å². The van der Waals surface area contributed by atoms with Gasteiger partial charge in [0.05, 0.1) is 63.1 Å². The van der Waals surface area contributed by atoms with Gasteiger partial charge in [0.15, 0.2) is 62.9 Å². The van der Waals surface area contributed by atoms with Crippen LogP contribution in [0.25, 0.3) is 0 Å². The van der Waals surface area contributed by atoms with Gasteiger partial charge in [-0.3, -0.25) is 9.59 Å². The van der Waals surface area contributed by atoms with E-state index in [1.807, 2.05) is 0 Å². The minimum absolute atomic E-state index is 0.789. The molecule has 10 aliphatic heterocycles. The van der Waals surface area contributed by atoms with E-state index < -0.39 is 345 Å². The molecule has 10 aliphatic rings. The lowest BCUT2D eigenvalue weighted by molar-refractivity contribution is -0.411. The molecule has 0 aromatic carbocycles. The van der Waals surface area contributed by atoms with Gasteiger partial charge in [-0.15, -0.1) is 0 Å². The molecule has 10 fully saturated rings. The van der Waals surface area contributed by atoms with Gasteiger partial charge in [-0.1, -0.05) is 0 Å². The van der Waals surface area contributed by atoms with Crippen molar-refractivity contribution in [3.63, 3.8) is 0 Å². The van der Waals surface area contributed by atoms with Gasteiger partial charge in [0.1, 0.15) is 207 Å². The third-order valence-electron chi connectivity index (χ3n) is 21.4. The zero-order chi connectivity index (χ0) is 81.7. The second-order valence-electron chi connectivity index (χ2n) is 29.4. The Morgan fingerprint density at radius 3 is 0.847 bits per heavy atom. The van der Waals surface area contributed by atoms with Crippen molar-refractivity contribution in [1.82, 2.24) is 10.6 Å². The van der Waals surface area contributed by atoms with Gasteiger partial charge in [-0.2, -0.15) is 0 Å². The predicted molar refractivity (Wildman–Crippen MR) is 344 cm³/mol. The van der Waals surface area contributed by atoms with Crippen LogP contribution in [0, 0.1) is 0 Å². The molecule has 50 atom stereocenters. The molecule has 10 saturated heterocycles. The second-order valence-corrected chi connectivity index (χ2v) is 29.4. The van der Waals surface area contributed by atoms with Gasteiger partial charge in [-0.05, 0) is 41.5 Å². The minimum Gasteiger partial charge on any atom is -0.394 e. The van der Waals surface area contributed by atoms with Crippen molar-refractivity contribution >= 4 is 11.8 Å². The molecule has 0 aromatic rings. The normalized spacial score (nSPS) is 53.6. The lowest BCUT2D eigenvalue weighted by atomic mass is 9.94. The van der Waals surface area contributed by atoms with Crippen LogP contribution in [-0.2, 0) is 99.6 Å². The molecule has 111 heavy (non-hydrogen) atoms. The summed E-state index contributed by atoms with van der Waals surface area (Å²) in [5.74, 6) is -1.75. The zero-order valence-corrected chi connectivity index (χ0v) is 61.0. The Morgan fingerprint density at radius 1 is 0.234 bits per heavy atom. The first-order chi connectivity index (χ1) is 52.3. The summed E-state index contributed by atoms with van der Waals surface area (Å²) in [7, 11) is 0. The van der Waals surface area contributed by atoms with E-state index in [0.717, 1.165) is 13.8 Å². The fourth-order valence-electron chi connectivity index (χ4n) is 14.9. The highest BCUT2D eigenvalue weighted by molar-refractivity contribution is 5.73. The first kappa shape index (κ1) is 90.5. The average molecular weight is 1630 g/mol. The van der Waals surface area contributed by atoms with Gasteiger partial charge >= 0.3 is 0 Å². The molecule has 644 valence electrons. The number of hydrogen-bond acceptors (Lipinski definition) is 45. The molecule has 0 aliphatic carbocycles. The van der Waals surface area contributed by atoms with E-state index in [0.29, 0.717) is 0 Å². The van der Waals surface area contributed by atoms with Crippen molar-refractivity contribution < 1.29 is 222 Å². The first-order valence-corrected chi connectivity index (χ1v) is 36.3. The largest absolute Gasteiger partial charge is 0.394 e. The number of nitrogens with one attached hydrogen (secondary N) is 2. The van der Waals surface area contributed by atoms with Crippen LogP contribution in [0.5, 0.6) is 0 Å². The van der Waals surface area contributed by atoms with E-state index in [1.165, 1.54) is 41.5 Å². The Bertz CT molecular complexity index is 2930. The van der Waals surface area contributed by atoms with E-state index >= 15 is 0 Å². The van der Waals surface area contributed by atoms with E-state index in [2.05, 4.69) is 10.6 Å². The maximum absolute atomic E-state index is 13.5. The Morgan fingerprint density at radius 2 is 0.477 bits per heavy atom. The molecule has 0 unspecified atom stereocenters. The molecule has 47 heteroatoms. The van der Waals surface area contributed by atoms with Crippen LogP contribution in [0.15, 0.2) is 0 Å². The van der Waals surface area contributed by atoms with E-state index in [1.54, 1.807) is 0 Å². The third-order valence-corrected chi connectivity index (χ3v) is 21.4. The second kappa shape index (κ2) is 38.1. The molecule has 26 N–H and O–H groups in total. The van der Waals surface area contributed by atoms with Crippen LogP contribution in [-0.4, -0.2) is 468 Å². The Kier molecular flexibility index (Phi) is 31.1. The number of carbonyl (C=O) groups excluding carboxylic acids is 2. The van der Waals surface area contributed by atoms with Crippen LogP contribution in [0.2, 0.25) is 0 Å². The summed E-state index contributed by atoms with van der Waals surface area (Å²) in [5, 5.41) is 273. The molecular formula is C64H108N2O45. The summed E-state index contributed by atoms with van der Waals surface area (Å²) >= 11 is 0. The number of aliphatic hydroxyl groups excluding tert-OH is 24. The van der Waals surface area contributed by atoms with Gasteiger partial charge in [0.25, 0.3) is 0 Å². The van der Waals surface area contributed by atoms with Gasteiger partial charge < -0.3 is 223 Å². The molecule has 0 radical (unpaired) electrons. The Hall–Kier alpha value is -2.78. The highest BCUT2D eigenvalue weighted by atomic mass is 16.8. The highest BCUT2D eigenvalue weighted by Gasteiger charge is 2.62. The third kappa shape index (κ3) is 19.1. The molecule has 0 bridgehead atoms. The van der Waals surface area contributed by atoms with Crippen molar-refractivity contribution in [2.24, 2.45) is 0 Å². The average Bonchev–Trinajstić information content (AvgIpc) is 0.771. The summed E-state index contributed by atoms with van der Waals surface area (Å²) < 4.78 is 115. The van der Waals surface area contributed by atoms with Crippen molar-refractivity contribution in [1.29, 1.82) is 0 Å². The van der Waals surface area contributed by atoms with Crippen molar-refractivity contribution in [3.05, 3.63) is 0 Å². The van der Waals surface area contributed by atoms with Gasteiger partial charge in [0.2, 0.25) is 11.8 Å². The summed E-state index contributed by atoms with van der Waals surface area (Å²) in [6, 6.07) is -3.63. The topological polar surface area (TPSA) is 719 Å². The van der Waals surface area contributed by atoms with Gasteiger partial charge in [-0.25, -0.2) is 0 Å². The number of rotatable bonds is 24. The van der Waals surface area contributed by atoms with Crippen molar-refractivity contribution in [2.45, 2.75) is 362 Å². The van der Waals surface area contributed by atoms with E-state index in [4.69, 9.17) is 90.0 Å². The van der Waals surface area contributed by atoms with Crippen molar-refractivity contribution in [2.75, 3.05) is 26.4 Å². The van der Waals surface area contributed by atoms with Crippen molar-refractivity contribution in [3.8, 4) is 0 Å². The minimum atomic E-state index is -2.37.